The standard InChI is InChI=1S/C13H19IN2O2/c1-2-3-4-9-7-17-11(15-9)13(5-6-13)12-16-10(14)8-18-12/h9-10H,2-8H2,1H3/t9-,10+/m0/s1. The maximum absolute atomic E-state index is 5.82. The van der Waals surface area contributed by atoms with Gasteiger partial charge in [0.05, 0.1) is 6.04 Å². The van der Waals surface area contributed by atoms with Crippen LogP contribution in [0.15, 0.2) is 9.98 Å². The quantitative estimate of drug-likeness (QED) is 0.429. The van der Waals surface area contributed by atoms with Gasteiger partial charge in [0.1, 0.15) is 22.7 Å². The number of rotatable bonds is 5. The van der Waals surface area contributed by atoms with Crippen LogP contribution in [0.4, 0.5) is 0 Å². The summed E-state index contributed by atoms with van der Waals surface area (Å²) in [7, 11) is 0. The molecule has 4 nitrogen and oxygen atoms in total. The normalized spacial score (nSPS) is 32.6. The largest absolute Gasteiger partial charge is 0.478 e. The third-order valence-corrected chi connectivity index (χ3v) is 4.42. The van der Waals surface area contributed by atoms with Crippen molar-refractivity contribution in [1.29, 1.82) is 0 Å². The Hall–Kier alpha value is -0.330. The van der Waals surface area contributed by atoms with Crippen LogP contribution in [0.1, 0.15) is 39.0 Å². The number of unbranched alkanes of at least 4 members (excludes halogenated alkanes) is 1. The van der Waals surface area contributed by atoms with Crippen LogP contribution in [0.3, 0.4) is 0 Å². The molecule has 1 aliphatic carbocycles. The summed E-state index contributed by atoms with van der Waals surface area (Å²) in [5.41, 5.74) is -0.0825. The van der Waals surface area contributed by atoms with Gasteiger partial charge in [0.25, 0.3) is 0 Å². The molecule has 0 radical (unpaired) electrons. The fraction of sp³-hybridized carbons (Fsp3) is 0.846. The Bertz CT molecular complexity index is 390. The number of hydrogen-bond donors (Lipinski definition) is 0. The van der Waals surface area contributed by atoms with E-state index in [1.165, 1.54) is 12.8 Å². The lowest BCUT2D eigenvalue weighted by molar-refractivity contribution is 0.282. The molecule has 3 rings (SSSR count). The van der Waals surface area contributed by atoms with Crippen molar-refractivity contribution in [3.05, 3.63) is 0 Å². The van der Waals surface area contributed by atoms with Gasteiger partial charge >= 0.3 is 0 Å². The molecule has 1 fully saturated rings. The zero-order valence-corrected chi connectivity index (χ0v) is 12.9. The Balaban J connectivity index is 1.70. The number of halogens is 1. The van der Waals surface area contributed by atoms with E-state index in [1.807, 2.05) is 0 Å². The molecule has 2 aliphatic heterocycles. The maximum atomic E-state index is 5.82. The van der Waals surface area contributed by atoms with E-state index in [-0.39, 0.29) is 9.46 Å². The van der Waals surface area contributed by atoms with Crippen LogP contribution in [0.25, 0.3) is 0 Å². The number of hydrogen-bond acceptors (Lipinski definition) is 4. The summed E-state index contributed by atoms with van der Waals surface area (Å²) >= 11 is 2.31. The van der Waals surface area contributed by atoms with Crippen LogP contribution in [0.2, 0.25) is 0 Å². The van der Waals surface area contributed by atoms with Crippen molar-refractivity contribution in [2.45, 2.75) is 49.1 Å². The Labute approximate surface area is 121 Å². The van der Waals surface area contributed by atoms with E-state index in [2.05, 4.69) is 34.5 Å². The monoisotopic (exact) mass is 362 g/mol. The van der Waals surface area contributed by atoms with Gasteiger partial charge in [-0.1, -0.05) is 42.4 Å². The van der Waals surface area contributed by atoms with Crippen molar-refractivity contribution in [2.24, 2.45) is 15.4 Å². The zero-order valence-electron chi connectivity index (χ0n) is 10.7. The molecule has 5 heteroatoms. The molecule has 2 atom stereocenters. The van der Waals surface area contributed by atoms with Crippen LogP contribution in [0.5, 0.6) is 0 Å². The molecule has 0 aromatic carbocycles. The average molecular weight is 362 g/mol. The van der Waals surface area contributed by atoms with Gasteiger partial charge in [-0.25, -0.2) is 9.98 Å². The molecule has 18 heavy (non-hydrogen) atoms. The second kappa shape index (κ2) is 4.98. The van der Waals surface area contributed by atoms with Crippen molar-refractivity contribution in [3.8, 4) is 0 Å². The molecule has 0 bridgehead atoms. The van der Waals surface area contributed by atoms with E-state index in [0.717, 1.165) is 37.7 Å². The van der Waals surface area contributed by atoms with Crippen molar-refractivity contribution >= 4 is 34.4 Å². The van der Waals surface area contributed by atoms with Crippen LogP contribution in [-0.2, 0) is 9.47 Å². The summed E-state index contributed by atoms with van der Waals surface area (Å²) in [4.78, 5) is 9.34. The van der Waals surface area contributed by atoms with Gasteiger partial charge < -0.3 is 9.47 Å². The molecule has 0 unspecified atom stereocenters. The zero-order chi connectivity index (χ0) is 12.6. The minimum absolute atomic E-state index is 0.0825. The summed E-state index contributed by atoms with van der Waals surface area (Å²) in [6.45, 7) is 3.66. The Morgan fingerprint density at radius 2 is 1.94 bits per heavy atom. The second-order valence-corrected chi connectivity index (χ2v) is 6.74. The van der Waals surface area contributed by atoms with Gasteiger partial charge in [-0.2, -0.15) is 0 Å². The van der Waals surface area contributed by atoms with Gasteiger partial charge in [-0.15, -0.1) is 0 Å². The Morgan fingerprint density at radius 1 is 1.22 bits per heavy atom. The first-order valence-electron chi connectivity index (χ1n) is 6.81. The molecule has 0 saturated heterocycles. The highest BCUT2D eigenvalue weighted by molar-refractivity contribution is 14.1. The molecule has 1 saturated carbocycles. The van der Waals surface area contributed by atoms with E-state index in [1.54, 1.807) is 0 Å². The van der Waals surface area contributed by atoms with Crippen molar-refractivity contribution in [2.75, 3.05) is 13.2 Å². The van der Waals surface area contributed by atoms with E-state index >= 15 is 0 Å². The van der Waals surface area contributed by atoms with Crippen molar-refractivity contribution in [3.63, 3.8) is 0 Å². The Kier molecular flexibility index (Phi) is 3.51. The van der Waals surface area contributed by atoms with E-state index in [9.17, 15) is 0 Å². The first-order valence-corrected chi connectivity index (χ1v) is 8.05. The smallest absolute Gasteiger partial charge is 0.200 e. The summed E-state index contributed by atoms with van der Waals surface area (Å²) in [5.74, 6) is 1.77. The summed E-state index contributed by atoms with van der Waals surface area (Å²) in [5, 5.41) is 0. The SMILES string of the molecule is CCCC[C@H]1COC(C2(C3=N[C@@H](I)CO3)CC2)=N1. The minimum atomic E-state index is -0.0825. The number of aliphatic imine (C=N–C) groups is 2. The van der Waals surface area contributed by atoms with Gasteiger partial charge in [0, 0.05) is 0 Å². The third-order valence-electron chi connectivity index (χ3n) is 3.79. The maximum Gasteiger partial charge on any atom is 0.200 e. The highest BCUT2D eigenvalue weighted by atomic mass is 127. The molecule has 0 amide bonds. The minimum Gasteiger partial charge on any atom is -0.478 e. The van der Waals surface area contributed by atoms with Crippen LogP contribution in [0, 0.1) is 5.41 Å². The van der Waals surface area contributed by atoms with Gasteiger partial charge in [0.2, 0.25) is 0 Å². The first kappa shape index (κ1) is 12.7. The molecule has 3 aliphatic rings. The lowest BCUT2D eigenvalue weighted by atomic mass is 10.1. The molecule has 2 heterocycles. The predicted molar refractivity (Wildman–Crippen MR) is 79.6 cm³/mol. The summed E-state index contributed by atoms with van der Waals surface area (Å²) < 4.78 is 11.8. The third kappa shape index (κ3) is 2.26. The van der Waals surface area contributed by atoms with Crippen molar-refractivity contribution in [1.82, 2.24) is 0 Å². The van der Waals surface area contributed by atoms with E-state index in [0.29, 0.717) is 12.6 Å². The van der Waals surface area contributed by atoms with Crippen LogP contribution >= 0.6 is 22.6 Å². The summed E-state index contributed by atoms with van der Waals surface area (Å²) in [6.07, 6.45) is 5.74. The van der Waals surface area contributed by atoms with Crippen molar-refractivity contribution < 1.29 is 9.47 Å². The highest BCUT2D eigenvalue weighted by Crippen LogP contribution is 2.51. The lowest BCUT2D eigenvalue weighted by Crippen LogP contribution is -2.26. The van der Waals surface area contributed by atoms with E-state index in [4.69, 9.17) is 14.5 Å². The average Bonchev–Trinajstić information content (AvgIpc) is 2.84. The predicted octanol–water partition coefficient (Wildman–Crippen LogP) is 2.94. The molecule has 0 aromatic heterocycles. The Morgan fingerprint density at radius 3 is 2.56 bits per heavy atom. The van der Waals surface area contributed by atoms with Crippen LogP contribution < -0.4 is 0 Å². The fourth-order valence-electron chi connectivity index (χ4n) is 2.52. The molecule has 0 spiro atoms. The number of alkyl halides is 1. The number of nitrogens with zero attached hydrogens (tertiary/aromatic N) is 2. The summed E-state index contributed by atoms with van der Waals surface area (Å²) in [6, 6.07) is 0.356. The second-order valence-electron chi connectivity index (χ2n) is 5.30. The van der Waals surface area contributed by atoms with Gasteiger partial charge in [-0.3, -0.25) is 0 Å². The van der Waals surface area contributed by atoms with Gasteiger partial charge in [0.15, 0.2) is 11.8 Å². The van der Waals surface area contributed by atoms with Crippen LogP contribution in [-0.4, -0.2) is 35.1 Å². The van der Waals surface area contributed by atoms with E-state index < -0.39 is 0 Å². The molecule has 0 aromatic rings. The molecular formula is C13H19IN2O2. The highest BCUT2D eigenvalue weighted by Gasteiger charge is 2.57. The lowest BCUT2D eigenvalue weighted by Gasteiger charge is -2.13. The number of ether oxygens (including phenoxy) is 2. The first-order chi connectivity index (χ1) is 8.74. The molecule has 0 N–H and O–H groups in total. The topological polar surface area (TPSA) is 43.2 Å². The molecule has 100 valence electrons. The van der Waals surface area contributed by atoms with Gasteiger partial charge in [-0.05, 0) is 19.3 Å². The fourth-order valence-corrected chi connectivity index (χ4v) is 2.95. The molecular weight excluding hydrogens is 343 g/mol.